The normalized spacial score (nSPS) is 13.9. The molecule has 0 aliphatic rings. The van der Waals surface area contributed by atoms with Crippen LogP contribution in [0.25, 0.3) is 0 Å². The second-order valence-corrected chi connectivity index (χ2v) is 4.78. The van der Waals surface area contributed by atoms with Gasteiger partial charge in [-0.2, -0.15) is 0 Å². The molecule has 3 N–H and O–H groups in total. The molecule has 0 aromatic heterocycles. The van der Waals surface area contributed by atoms with Gasteiger partial charge >= 0.3 is 0 Å². The first-order valence-electron chi connectivity index (χ1n) is 5.45. The number of hydrogen-bond donors (Lipinski definition) is 2. The number of nitrogens with one attached hydrogen (secondary N) is 1. The molecule has 1 aromatic rings. The van der Waals surface area contributed by atoms with Crippen molar-refractivity contribution in [2.45, 2.75) is 26.0 Å². The van der Waals surface area contributed by atoms with Crippen LogP contribution in [0, 0.1) is 0 Å². The highest BCUT2D eigenvalue weighted by molar-refractivity contribution is 9.10. The van der Waals surface area contributed by atoms with Crippen molar-refractivity contribution >= 4 is 21.8 Å². The van der Waals surface area contributed by atoms with Gasteiger partial charge in [-0.1, -0.05) is 22.0 Å². The van der Waals surface area contributed by atoms with E-state index >= 15 is 0 Å². The van der Waals surface area contributed by atoms with E-state index in [4.69, 9.17) is 10.5 Å². The number of nitrogens with two attached hydrogens (primary N) is 1. The average Bonchev–Trinajstić information content (AvgIpc) is 2.28. The lowest BCUT2D eigenvalue weighted by Crippen LogP contribution is -2.44. The van der Waals surface area contributed by atoms with E-state index in [9.17, 15) is 4.79 Å². The quantitative estimate of drug-likeness (QED) is 0.869. The molecule has 2 atom stereocenters. The maximum atomic E-state index is 11.7. The summed E-state index contributed by atoms with van der Waals surface area (Å²) in [7, 11) is 0. The number of hydrogen-bond acceptors (Lipinski definition) is 3. The zero-order chi connectivity index (χ0) is 12.8. The summed E-state index contributed by atoms with van der Waals surface area (Å²) >= 11 is 3.34. The number of carbonyl (C=O) groups excluding carboxylic acids is 1. The van der Waals surface area contributed by atoms with E-state index in [1.54, 1.807) is 13.0 Å². The fourth-order valence-electron chi connectivity index (χ4n) is 1.22. The molecule has 0 radical (unpaired) electrons. The highest BCUT2D eigenvalue weighted by Crippen LogP contribution is 2.18. The Bertz CT molecular complexity index is 385. The van der Waals surface area contributed by atoms with Gasteiger partial charge in [0.05, 0.1) is 0 Å². The molecule has 4 nitrogen and oxygen atoms in total. The maximum absolute atomic E-state index is 11.7. The fourth-order valence-corrected chi connectivity index (χ4v) is 1.60. The lowest BCUT2D eigenvalue weighted by molar-refractivity contribution is -0.127. The van der Waals surface area contributed by atoms with Crippen molar-refractivity contribution in [3.8, 4) is 5.75 Å². The summed E-state index contributed by atoms with van der Waals surface area (Å²) in [6, 6.07) is 7.33. The standard InChI is InChI=1S/C12H17BrN2O2/c1-8(7-14)15-12(16)9(2)17-11-5-3-4-10(13)6-11/h3-6,8-9H,7,14H2,1-2H3,(H,15,16)/t8-,9?/m0/s1. The van der Waals surface area contributed by atoms with Crippen molar-refractivity contribution in [3.63, 3.8) is 0 Å². The molecule has 0 bridgehead atoms. The van der Waals surface area contributed by atoms with Gasteiger partial charge < -0.3 is 15.8 Å². The molecule has 0 fully saturated rings. The third-order valence-electron chi connectivity index (χ3n) is 2.22. The van der Waals surface area contributed by atoms with Crippen molar-refractivity contribution in [3.05, 3.63) is 28.7 Å². The van der Waals surface area contributed by atoms with E-state index in [0.29, 0.717) is 12.3 Å². The summed E-state index contributed by atoms with van der Waals surface area (Å²) in [4.78, 5) is 11.7. The Kier molecular flexibility index (Phi) is 5.44. The van der Waals surface area contributed by atoms with E-state index in [0.717, 1.165) is 4.47 Å². The Balaban J connectivity index is 2.54. The number of halogens is 1. The van der Waals surface area contributed by atoms with Crippen LogP contribution in [0.1, 0.15) is 13.8 Å². The van der Waals surface area contributed by atoms with Gasteiger partial charge in [0.2, 0.25) is 0 Å². The lowest BCUT2D eigenvalue weighted by atomic mass is 10.3. The molecule has 17 heavy (non-hydrogen) atoms. The summed E-state index contributed by atoms with van der Waals surface area (Å²) in [5.41, 5.74) is 5.43. The number of carbonyl (C=O) groups is 1. The largest absolute Gasteiger partial charge is 0.481 e. The molecule has 0 saturated carbocycles. The molecule has 1 aromatic carbocycles. The first-order chi connectivity index (χ1) is 8.02. The van der Waals surface area contributed by atoms with Crippen LogP contribution in [0.5, 0.6) is 5.75 Å². The molecule has 94 valence electrons. The zero-order valence-corrected chi connectivity index (χ0v) is 11.5. The van der Waals surface area contributed by atoms with E-state index in [1.165, 1.54) is 0 Å². The smallest absolute Gasteiger partial charge is 0.261 e. The van der Waals surface area contributed by atoms with Crippen LogP contribution in [0.2, 0.25) is 0 Å². The van der Waals surface area contributed by atoms with Crippen molar-refractivity contribution in [1.82, 2.24) is 5.32 Å². The van der Waals surface area contributed by atoms with E-state index in [1.807, 2.05) is 25.1 Å². The number of amides is 1. The van der Waals surface area contributed by atoms with Gasteiger partial charge in [0, 0.05) is 17.1 Å². The van der Waals surface area contributed by atoms with Crippen molar-refractivity contribution < 1.29 is 9.53 Å². The Morgan fingerprint density at radius 1 is 1.53 bits per heavy atom. The molecular formula is C12H17BrN2O2. The first-order valence-corrected chi connectivity index (χ1v) is 6.25. The summed E-state index contributed by atoms with van der Waals surface area (Å²) in [5.74, 6) is 0.491. The van der Waals surface area contributed by atoms with Gasteiger partial charge in [-0.25, -0.2) is 0 Å². The lowest BCUT2D eigenvalue weighted by Gasteiger charge is -2.17. The molecule has 0 aliphatic heterocycles. The van der Waals surface area contributed by atoms with E-state index < -0.39 is 6.10 Å². The predicted octanol–water partition coefficient (Wildman–Crippen LogP) is 1.68. The van der Waals surface area contributed by atoms with Crippen LogP contribution < -0.4 is 15.8 Å². The fraction of sp³-hybridized carbons (Fsp3) is 0.417. The zero-order valence-electron chi connectivity index (χ0n) is 9.94. The monoisotopic (exact) mass is 300 g/mol. The minimum Gasteiger partial charge on any atom is -0.481 e. The summed E-state index contributed by atoms with van der Waals surface area (Å²) < 4.78 is 6.43. The summed E-state index contributed by atoms with van der Waals surface area (Å²) in [6.45, 7) is 3.97. The van der Waals surface area contributed by atoms with Crippen LogP contribution in [0.4, 0.5) is 0 Å². The van der Waals surface area contributed by atoms with Crippen LogP contribution in [-0.4, -0.2) is 24.6 Å². The molecule has 1 rings (SSSR count). The molecule has 0 heterocycles. The van der Waals surface area contributed by atoms with Crippen molar-refractivity contribution in [1.29, 1.82) is 0 Å². The second kappa shape index (κ2) is 6.61. The van der Waals surface area contributed by atoms with E-state index in [2.05, 4.69) is 21.2 Å². The van der Waals surface area contributed by atoms with Crippen LogP contribution >= 0.6 is 15.9 Å². The SMILES string of the molecule is CC(Oc1cccc(Br)c1)C(=O)N[C@@H](C)CN. The van der Waals surface area contributed by atoms with Crippen molar-refractivity contribution in [2.75, 3.05) is 6.54 Å². The Morgan fingerprint density at radius 3 is 2.82 bits per heavy atom. The maximum Gasteiger partial charge on any atom is 0.261 e. The molecule has 5 heteroatoms. The van der Waals surface area contributed by atoms with E-state index in [-0.39, 0.29) is 11.9 Å². The third-order valence-corrected chi connectivity index (χ3v) is 2.71. The predicted molar refractivity (Wildman–Crippen MR) is 70.9 cm³/mol. The Morgan fingerprint density at radius 2 is 2.24 bits per heavy atom. The van der Waals surface area contributed by atoms with Gasteiger partial charge in [-0.3, -0.25) is 4.79 Å². The average molecular weight is 301 g/mol. The highest BCUT2D eigenvalue weighted by Gasteiger charge is 2.16. The van der Waals surface area contributed by atoms with Gasteiger partial charge in [-0.15, -0.1) is 0 Å². The summed E-state index contributed by atoms with van der Waals surface area (Å²) in [6.07, 6.45) is -0.543. The number of ether oxygens (including phenoxy) is 1. The molecular weight excluding hydrogens is 284 g/mol. The Labute approximate surface area is 110 Å². The topological polar surface area (TPSA) is 64.3 Å². The minimum absolute atomic E-state index is 0.0453. The second-order valence-electron chi connectivity index (χ2n) is 3.86. The highest BCUT2D eigenvalue weighted by atomic mass is 79.9. The van der Waals surface area contributed by atoms with Gasteiger partial charge in [0.1, 0.15) is 5.75 Å². The first kappa shape index (κ1) is 14.0. The Hall–Kier alpha value is -1.07. The van der Waals surface area contributed by atoms with Crippen molar-refractivity contribution in [2.24, 2.45) is 5.73 Å². The molecule has 1 amide bonds. The third kappa shape index (κ3) is 4.75. The van der Waals surface area contributed by atoms with Crippen LogP contribution in [0.3, 0.4) is 0 Å². The van der Waals surface area contributed by atoms with Gasteiger partial charge in [0.25, 0.3) is 5.91 Å². The van der Waals surface area contributed by atoms with Crippen LogP contribution in [0.15, 0.2) is 28.7 Å². The van der Waals surface area contributed by atoms with Gasteiger partial charge in [-0.05, 0) is 32.0 Å². The molecule has 0 spiro atoms. The number of rotatable bonds is 5. The number of benzene rings is 1. The molecule has 1 unspecified atom stereocenters. The molecule has 0 aliphatic carbocycles. The minimum atomic E-state index is -0.543. The summed E-state index contributed by atoms with van der Waals surface area (Å²) in [5, 5.41) is 2.76. The van der Waals surface area contributed by atoms with Crippen LogP contribution in [-0.2, 0) is 4.79 Å². The van der Waals surface area contributed by atoms with Gasteiger partial charge in [0.15, 0.2) is 6.10 Å². The molecule has 0 saturated heterocycles.